The predicted molar refractivity (Wildman–Crippen MR) is 103 cm³/mol. The first-order valence-electron chi connectivity index (χ1n) is 9.47. The van der Waals surface area contributed by atoms with Crippen LogP contribution in [0.5, 0.6) is 11.5 Å². The third-order valence-corrected chi connectivity index (χ3v) is 4.97. The van der Waals surface area contributed by atoms with Crippen LogP contribution in [-0.2, 0) is 11.2 Å². The molecule has 5 nitrogen and oxygen atoms in total. The van der Waals surface area contributed by atoms with Crippen molar-refractivity contribution in [2.24, 2.45) is 0 Å². The van der Waals surface area contributed by atoms with E-state index in [0.717, 1.165) is 30.6 Å². The van der Waals surface area contributed by atoms with Crippen LogP contribution in [0.3, 0.4) is 0 Å². The van der Waals surface area contributed by atoms with E-state index in [0.29, 0.717) is 5.75 Å². The van der Waals surface area contributed by atoms with E-state index < -0.39 is 0 Å². The third kappa shape index (κ3) is 4.50. The minimum atomic E-state index is -0.226. The van der Waals surface area contributed by atoms with Gasteiger partial charge in [0.15, 0.2) is 18.1 Å². The molecule has 1 saturated heterocycles. The Hall–Kier alpha value is -1.75. The molecule has 3 rings (SSSR count). The molecule has 0 bridgehead atoms. The highest BCUT2D eigenvalue weighted by molar-refractivity contribution is 5.78. The summed E-state index contributed by atoms with van der Waals surface area (Å²) in [5.41, 5.74) is 0.909. The Balaban J connectivity index is 1.58. The Morgan fingerprint density at radius 1 is 1.19 bits per heavy atom. The van der Waals surface area contributed by atoms with Crippen LogP contribution in [0.1, 0.15) is 59.9 Å². The first-order valence-corrected chi connectivity index (χ1v) is 9.47. The van der Waals surface area contributed by atoms with Crippen molar-refractivity contribution in [3.8, 4) is 11.5 Å². The number of hydrogen-bond donors (Lipinski definition) is 2. The fourth-order valence-electron chi connectivity index (χ4n) is 4.54. The lowest BCUT2D eigenvalue weighted by atomic mass is 9.79. The Labute approximate surface area is 156 Å². The highest BCUT2D eigenvalue weighted by atomic mass is 16.5. The van der Waals surface area contributed by atoms with Gasteiger partial charge in [-0.15, -0.1) is 0 Å². The monoisotopic (exact) mass is 360 g/mol. The Bertz CT molecular complexity index is 678. The summed E-state index contributed by atoms with van der Waals surface area (Å²) in [6.45, 7) is 12.8. The maximum Gasteiger partial charge on any atom is 0.258 e. The molecule has 0 spiro atoms. The minimum Gasteiger partial charge on any atom is -0.483 e. The number of para-hydroxylation sites is 1. The number of amides is 1. The molecule has 1 aromatic rings. The third-order valence-electron chi connectivity index (χ3n) is 4.97. The van der Waals surface area contributed by atoms with Crippen LogP contribution < -0.4 is 20.1 Å². The van der Waals surface area contributed by atoms with Crippen LogP contribution in [-0.4, -0.2) is 35.2 Å². The molecule has 1 fully saturated rings. The molecule has 0 saturated carbocycles. The average Bonchev–Trinajstić information content (AvgIpc) is 2.75. The second-order valence-corrected chi connectivity index (χ2v) is 9.64. The highest BCUT2D eigenvalue weighted by Crippen LogP contribution is 2.41. The molecule has 1 aromatic carbocycles. The number of fused-ring (bicyclic) bond motifs is 1. The van der Waals surface area contributed by atoms with Gasteiger partial charge in [0.25, 0.3) is 5.91 Å². The normalized spacial score (nSPS) is 23.0. The number of ether oxygens (including phenoxy) is 2. The SMILES string of the molecule is CC1(C)CC(NC(=O)COc2cccc3c2OC(C)(C)C3)CC(C)(C)N1. The Morgan fingerprint density at radius 2 is 1.85 bits per heavy atom. The summed E-state index contributed by atoms with van der Waals surface area (Å²) in [4.78, 5) is 12.4. The van der Waals surface area contributed by atoms with Gasteiger partial charge in [0.05, 0.1) is 0 Å². The number of rotatable bonds is 4. The summed E-state index contributed by atoms with van der Waals surface area (Å²) >= 11 is 0. The lowest BCUT2D eigenvalue weighted by molar-refractivity contribution is -0.124. The smallest absolute Gasteiger partial charge is 0.258 e. The van der Waals surface area contributed by atoms with E-state index in [4.69, 9.17) is 9.47 Å². The number of piperidine rings is 1. The molecule has 0 atom stereocenters. The molecule has 2 N–H and O–H groups in total. The van der Waals surface area contributed by atoms with Crippen LogP contribution in [0.15, 0.2) is 18.2 Å². The standard InChI is InChI=1S/C21H32N2O3/c1-19(2)11-15(12-20(3,4)23-19)22-17(24)13-25-16-9-7-8-14-10-21(5,6)26-18(14)16/h7-9,15,23H,10-13H2,1-6H3,(H,22,24). The number of carbonyl (C=O) groups is 1. The van der Waals surface area contributed by atoms with Crippen LogP contribution in [0.4, 0.5) is 0 Å². The van der Waals surface area contributed by atoms with Crippen molar-refractivity contribution >= 4 is 5.91 Å². The van der Waals surface area contributed by atoms with Gasteiger partial charge in [-0.3, -0.25) is 4.79 Å². The van der Waals surface area contributed by atoms with Gasteiger partial charge in [0.2, 0.25) is 0 Å². The second-order valence-electron chi connectivity index (χ2n) is 9.64. The first kappa shape index (κ1) is 19.0. The van der Waals surface area contributed by atoms with Crippen LogP contribution >= 0.6 is 0 Å². The van der Waals surface area contributed by atoms with E-state index in [1.807, 2.05) is 12.1 Å². The molecule has 26 heavy (non-hydrogen) atoms. The van der Waals surface area contributed by atoms with Crippen LogP contribution in [0.2, 0.25) is 0 Å². The van der Waals surface area contributed by atoms with Gasteiger partial charge in [-0.1, -0.05) is 12.1 Å². The largest absolute Gasteiger partial charge is 0.483 e. The number of benzene rings is 1. The van der Waals surface area contributed by atoms with Gasteiger partial charge in [0.1, 0.15) is 5.60 Å². The molecular weight excluding hydrogens is 328 g/mol. The maximum atomic E-state index is 12.4. The van der Waals surface area contributed by atoms with Gasteiger partial charge in [0, 0.05) is 29.1 Å². The van der Waals surface area contributed by atoms with Crippen LogP contribution in [0.25, 0.3) is 0 Å². The molecule has 2 heterocycles. The van der Waals surface area contributed by atoms with Crippen LogP contribution in [0, 0.1) is 0 Å². The molecule has 0 radical (unpaired) electrons. The summed E-state index contributed by atoms with van der Waals surface area (Å²) < 4.78 is 11.8. The minimum absolute atomic E-state index is 0.000228. The van der Waals surface area contributed by atoms with Gasteiger partial charge in [-0.25, -0.2) is 0 Å². The molecule has 1 amide bonds. The van der Waals surface area contributed by atoms with Crippen molar-refractivity contribution in [3.05, 3.63) is 23.8 Å². The lowest BCUT2D eigenvalue weighted by Crippen LogP contribution is -2.62. The Morgan fingerprint density at radius 3 is 2.50 bits per heavy atom. The summed E-state index contributed by atoms with van der Waals surface area (Å²) in [6, 6.07) is 6.02. The molecule has 5 heteroatoms. The van der Waals surface area contributed by atoms with Crippen molar-refractivity contribution in [3.63, 3.8) is 0 Å². The van der Waals surface area contributed by atoms with Crippen molar-refractivity contribution in [1.29, 1.82) is 0 Å². The van der Waals surface area contributed by atoms with Gasteiger partial charge < -0.3 is 20.1 Å². The van der Waals surface area contributed by atoms with Gasteiger partial charge >= 0.3 is 0 Å². The lowest BCUT2D eigenvalue weighted by Gasteiger charge is -2.46. The van der Waals surface area contributed by atoms with E-state index in [-0.39, 0.29) is 35.2 Å². The fraction of sp³-hybridized carbons (Fsp3) is 0.667. The number of hydrogen-bond acceptors (Lipinski definition) is 4. The zero-order chi connectivity index (χ0) is 19.2. The van der Waals surface area contributed by atoms with Crippen molar-refractivity contribution < 1.29 is 14.3 Å². The molecule has 144 valence electrons. The summed E-state index contributed by atoms with van der Waals surface area (Å²) in [6.07, 6.45) is 2.66. The molecule has 2 aliphatic heterocycles. The molecule has 0 aliphatic carbocycles. The molecule has 0 unspecified atom stereocenters. The van der Waals surface area contributed by atoms with E-state index in [1.54, 1.807) is 0 Å². The van der Waals surface area contributed by atoms with E-state index >= 15 is 0 Å². The quantitative estimate of drug-likeness (QED) is 0.866. The van der Waals surface area contributed by atoms with E-state index in [1.165, 1.54) is 0 Å². The van der Waals surface area contributed by atoms with E-state index in [9.17, 15) is 4.79 Å². The number of carbonyl (C=O) groups excluding carboxylic acids is 1. The summed E-state index contributed by atoms with van der Waals surface area (Å²) in [5, 5.41) is 6.77. The highest BCUT2D eigenvalue weighted by Gasteiger charge is 2.38. The number of nitrogens with one attached hydrogen (secondary N) is 2. The van der Waals surface area contributed by atoms with Crippen molar-refractivity contribution in [1.82, 2.24) is 10.6 Å². The topological polar surface area (TPSA) is 59.6 Å². The Kier molecular flexibility index (Phi) is 4.72. The van der Waals surface area contributed by atoms with Crippen molar-refractivity contribution in [2.75, 3.05) is 6.61 Å². The maximum absolute atomic E-state index is 12.4. The summed E-state index contributed by atoms with van der Waals surface area (Å²) in [7, 11) is 0. The second kappa shape index (κ2) is 6.45. The summed E-state index contributed by atoms with van der Waals surface area (Å²) in [5.74, 6) is 1.34. The zero-order valence-electron chi connectivity index (χ0n) is 16.9. The van der Waals surface area contributed by atoms with Crippen molar-refractivity contribution in [2.45, 2.75) is 83.5 Å². The molecular formula is C21H32N2O3. The fourth-order valence-corrected chi connectivity index (χ4v) is 4.54. The molecule has 2 aliphatic rings. The molecule has 0 aromatic heterocycles. The van der Waals surface area contributed by atoms with Gasteiger partial charge in [-0.05, 0) is 60.5 Å². The van der Waals surface area contributed by atoms with Gasteiger partial charge in [-0.2, -0.15) is 0 Å². The van der Waals surface area contributed by atoms with E-state index in [2.05, 4.69) is 58.2 Å². The average molecular weight is 360 g/mol. The predicted octanol–water partition coefficient (Wildman–Crippen LogP) is 3.20. The zero-order valence-corrected chi connectivity index (χ0v) is 16.9. The first-order chi connectivity index (χ1) is 11.9.